The molecule has 4 amide bonds. The van der Waals surface area contributed by atoms with Crippen LogP contribution in [-0.2, 0) is 16.1 Å². The highest BCUT2D eigenvalue weighted by molar-refractivity contribution is 6.23. The highest BCUT2D eigenvalue weighted by Crippen LogP contribution is 2.34. The average molecular weight is 396 g/mol. The fourth-order valence-electron chi connectivity index (χ4n) is 5.12. The summed E-state index contributed by atoms with van der Waals surface area (Å²) < 4.78 is 0. The van der Waals surface area contributed by atoms with E-state index < -0.39 is 23.8 Å². The summed E-state index contributed by atoms with van der Waals surface area (Å²) in [5, 5.41) is 5.67. The largest absolute Gasteiger partial charge is 0.317 e. The van der Waals surface area contributed by atoms with Crippen LogP contribution in [0.5, 0.6) is 0 Å². The minimum Gasteiger partial charge on any atom is -0.317 e. The highest BCUT2D eigenvalue weighted by atomic mass is 16.2. The molecule has 0 spiro atoms. The van der Waals surface area contributed by atoms with E-state index in [1.54, 1.807) is 12.1 Å². The van der Waals surface area contributed by atoms with Gasteiger partial charge in [0.05, 0.1) is 11.1 Å². The van der Waals surface area contributed by atoms with Gasteiger partial charge < -0.3 is 5.32 Å². The predicted octanol–water partition coefficient (Wildman–Crippen LogP) is 0.272. The zero-order valence-corrected chi connectivity index (χ0v) is 16.1. The Morgan fingerprint density at radius 1 is 0.966 bits per heavy atom. The Labute approximate surface area is 168 Å². The third-order valence-corrected chi connectivity index (χ3v) is 6.68. The van der Waals surface area contributed by atoms with Gasteiger partial charge in [-0.2, -0.15) is 0 Å². The van der Waals surface area contributed by atoms with E-state index in [-0.39, 0.29) is 18.7 Å². The van der Waals surface area contributed by atoms with Gasteiger partial charge >= 0.3 is 0 Å². The first-order valence-electron chi connectivity index (χ1n) is 10.3. The molecule has 152 valence electrons. The lowest BCUT2D eigenvalue weighted by Crippen LogP contribution is -2.55. The zero-order chi connectivity index (χ0) is 20.1. The van der Waals surface area contributed by atoms with Crippen molar-refractivity contribution in [3.63, 3.8) is 0 Å². The first kappa shape index (κ1) is 18.4. The van der Waals surface area contributed by atoms with Crippen molar-refractivity contribution in [3.05, 3.63) is 34.9 Å². The van der Waals surface area contributed by atoms with Crippen LogP contribution < -0.4 is 10.6 Å². The number of likely N-dealkylation sites (tertiary alicyclic amines) is 1. The van der Waals surface area contributed by atoms with E-state index in [1.165, 1.54) is 6.42 Å². The smallest absolute Gasteiger partial charge is 0.262 e. The number of hydrogen-bond acceptors (Lipinski definition) is 6. The molecule has 29 heavy (non-hydrogen) atoms. The summed E-state index contributed by atoms with van der Waals surface area (Å²) in [6.45, 7) is 3.95. The number of carbonyl (C=O) groups excluding carboxylic acids is 4. The number of rotatable bonds is 3. The molecule has 0 saturated carbocycles. The molecule has 1 aromatic carbocycles. The minimum absolute atomic E-state index is 0.126. The van der Waals surface area contributed by atoms with E-state index in [2.05, 4.69) is 15.5 Å². The molecule has 2 N–H and O–H groups in total. The van der Waals surface area contributed by atoms with Crippen molar-refractivity contribution >= 4 is 23.6 Å². The molecule has 4 aliphatic rings. The van der Waals surface area contributed by atoms with Crippen LogP contribution in [0.1, 0.15) is 52.0 Å². The number of carbonyl (C=O) groups is 4. The van der Waals surface area contributed by atoms with Gasteiger partial charge in [-0.3, -0.25) is 34.3 Å². The van der Waals surface area contributed by atoms with Gasteiger partial charge in [0.2, 0.25) is 11.8 Å². The number of imide groups is 2. The lowest BCUT2D eigenvalue weighted by molar-refractivity contribution is -0.136. The van der Waals surface area contributed by atoms with Crippen molar-refractivity contribution in [3.8, 4) is 0 Å². The maximum absolute atomic E-state index is 12.9. The molecule has 3 saturated heterocycles. The molecule has 4 heterocycles. The van der Waals surface area contributed by atoms with Crippen LogP contribution >= 0.6 is 0 Å². The third-order valence-electron chi connectivity index (χ3n) is 6.68. The van der Waals surface area contributed by atoms with Gasteiger partial charge in [-0.05, 0) is 56.0 Å². The SMILES string of the molecule is O=C1CCC(N2C(=O)c3ccc(CN4C[C@H]5CCNCC[C@H]54)cc3C2=O)C(=O)N1. The molecule has 0 bridgehead atoms. The van der Waals surface area contributed by atoms with Gasteiger partial charge in [-0.1, -0.05) is 6.07 Å². The Morgan fingerprint density at radius 2 is 1.76 bits per heavy atom. The van der Waals surface area contributed by atoms with Crippen LogP contribution in [0.4, 0.5) is 0 Å². The lowest BCUT2D eigenvalue weighted by Gasteiger charge is -2.47. The molecule has 5 rings (SSSR count). The second-order valence-corrected chi connectivity index (χ2v) is 8.41. The summed E-state index contributed by atoms with van der Waals surface area (Å²) in [4.78, 5) is 52.7. The average Bonchev–Trinajstić information content (AvgIpc) is 2.81. The molecule has 1 aromatic rings. The molecule has 0 radical (unpaired) electrons. The number of nitrogens with one attached hydrogen (secondary N) is 2. The van der Waals surface area contributed by atoms with Crippen molar-refractivity contribution in [2.24, 2.45) is 5.92 Å². The Hall–Kier alpha value is -2.58. The summed E-state index contributed by atoms with van der Waals surface area (Å²) in [6, 6.07) is 5.06. The number of benzene rings is 1. The van der Waals surface area contributed by atoms with Crippen LogP contribution in [-0.4, -0.2) is 65.1 Å². The van der Waals surface area contributed by atoms with E-state index in [0.29, 0.717) is 17.2 Å². The molecule has 3 atom stereocenters. The number of amides is 4. The molecule has 3 fully saturated rings. The normalized spacial score (nSPS) is 29.8. The summed E-state index contributed by atoms with van der Waals surface area (Å²) in [7, 11) is 0. The van der Waals surface area contributed by atoms with E-state index in [0.717, 1.165) is 49.0 Å². The van der Waals surface area contributed by atoms with Gasteiger partial charge in [-0.15, -0.1) is 0 Å². The number of piperidine rings is 1. The quantitative estimate of drug-likeness (QED) is 0.712. The monoisotopic (exact) mass is 396 g/mol. The van der Waals surface area contributed by atoms with Gasteiger partial charge in [0.15, 0.2) is 0 Å². The summed E-state index contributed by atoms with van der Waals surface area (Å²) >= 11 is 0. The standard InChI is InChI=1S/C21H24N4O4/c26-18-4-3-17(19(27)23-18)25-20(28)14-2-1-12(9-15(14)21(25)29)10-24-11-13-5-7-22-8-6-16(13)24/h1-2,9,13,16-17,22H,3-8,10-11H2,(H,23,26,27)/t13-,16-,17?/m1/s1. The van der Waals surface area contributed by atoms with Crippen LogP contribution in [0.25, 0.3) is 0 Å². The summed E-state index contributed by atoms with van der Waals surface area (Å²) in [5.41, 5.74) is 1.70. The summed E-state index contributed by atoms with van der Waals surface area (Å²) in [5.74, 6) is -1.10. The number of fused-ring (bicyclic) bond motifs is 2. The van der Waals surface area contributed by atoms with E-state index in [1.807, 2.05) is 6.07 Å². The molecular weight excluding hydrogens is 372 g/mol. The fourth-order valence-corrected chi connectivity index (χ4v) is 5.12. The van der Waals surface area contributed by atoms with Crippen LogP contribution in [0.3, 0.4) is 0 Å². The maximum Gasteiger partial charge on any atom is 0.262 e. The Bertz CT molecular complexity index is 914. The first-order chi connectivity index (χ1) is 14.0. The van der Waals surface area contributed by atoms with Crippen molar-refractivity contribution in [1.82, 2.24) is 20.4 Å². The van der Waals surface area contributed by atoms with E-state index >= 15 is 0 Å². The molecule has 8 nitrogen and oxygen atoms in total. The van der Waals surface area contributed by atoms with Crippen molar-refractivity contribution in [2.45, 2.75) is 44.3 Å². The Morgan fingerprint density at radius 3 is 2.59 bits per heavy atom. The highest BCUT2D eigenvalue weighted by Gasteiger charge is 2.45. The third kappa shape index (κ3) is 3.07. The van der Waals surface area contributed by atoms with Crippen LogP contribution in [0.15, 0.2) is 18.2 Å². The van der Waals surface area contributed by atoms with Crippen LogP contribution in [0.2, 0.25) is 0 Å². The molecule has 0 aliphatic carbocycles. The molecule has 0 aromatic heterocycles. The predicted molar refractivity (Wildman–Crippen MR) is 103 cm³/mol. The van der Waals surface area contributed by atoms with Gasteiger partial charge in [-0.25, -0.2) is 0 Å². The van der Waals surface area contributed by atoms with Crippen molar-refractivity contribution in [1.29, 1.82) is 0 Å². The van der Waals surface area contributed by atoms with Crippen LogP contribution in [0, 0.1) is 5.92 Å². The molecule has 1 unspecified atom stereocenters. The van der Waals surface area contributed by atoms with Gasteiger partial charge in [0.1, 0.15) is 6.04 Å². The first-order valence-corrected chi connectivity index (χ1v) is 10.3. The maximum atomic E-state index is 12.9. The topological polar surface area (TPSA) is 98.8 Å². The van der Waals surface area contributed by atoms with E-state index in [4.69, 9.17) is 0 Å². The Balaban J connectivity index is 1.33. The fraction of sp³-hybridized carbons (Fsp3) is 0.524. The van der Waals surface area contributed by atoms with E-state index in [9.17, 15) is 19.2 Å². The Kier molecular flexibility index (Phi) is 4.48. The second-order valence-electron chi connectivity index (χ2n) is 8.41. The zero-order valence-electron chi connectivity index (χ0n) is 16.1. The molecular formula is C21H24N4O4. The van der Waals surface area contributed by atoms with Gasteiger partial charge in [0, 0.05) is 25.6 Å². The van der Waals surface area contributed by atoms with Crippen molar-refractivity contribution < 1.29 is 19.2 Å². The number of nitrogens with zero attached hydrogens (tertiary/aromatic N) is 2. The van der Waals surface area contributed by atoms with Gasteiger partial charge in [0.25, 0.3) is 11.8 Å². The number of hydrogen-bond donors (Lipinski definition) is 2. The lowest BCUT2D eigenvalue weighted by atomic mass is 9.84. The minimum atomic E-state index is -0.918. The second kappa shape index (κ2) is 7.03. The molecule has 8 heteroatoms. The van der Waals surface area contributed by atoms with Crippen molar-refractivity contribution in [2.75, 3.05) is 19.6 Å². The molecule has 4 aliphatic heterocycles. The summed E-state index contributed by atoms with van der Waals surface area (Å²) in [6.07, 6.45) is 2.64.